The van der Waals surface area contributed by atoms with Crippen LogP contribution in [0.3, 0.4) is 0 Å². The maximum atomic E-state index is 11.7. The molecule has 7 heteroatoms. The van der Waals surface area contributed by atoms with E-state index in [9.17, 15) is 9.59 Å². The highest BCUT2D eigenvalue weighted by molar-refractivity contribution is 6.41. The van der Waals surface area contributed by atoms with Crippen molar-refractivity contribution in [1.29, 1.82) is 0 Å². The highest BCUT2D eigenvalue weighted by Gasteiger charge is 2.10. The minimum Gasteiger partial charge on any atom is -0.469 e. The number of nitrogens with one attached hydrogen (secondary N) is 2. The van der Waals surface area contributed by atoms with Crippen LogP contribution in [-0.2, 0) is 9.53 Å². The molecule has 0 unspecified atom stereocenters. The SMILES string of the molecule is COC(=O)CCCCCNC(=O)c1cc(Cl)c(Cl)[nH]1. The fourth-order valence-electron chi connectivity index (χ4n) is 1.50. The Morgan fingerprint density at radius 3 is 2.63 bits per heavy atom. The predicted octanol–water partition coefficient (Wildman–Crippen LogP) is 2.78. The van der Waals surface area contributed by atoms with Crippen molar-refractivity contribution in [3.8, 4) is 0 Å². The van der Waals surface area contributed by atoms with Crippen LogP contribution in [0.2, 0.25) is 10.2 Å². The maximum Gasteiger partial charge on any atom is 0.305 e. The number of ether oxygens (including phenoxy) is 1. The summed E-state index contributed by atoms with van der Waals surface area (Å²) in [5, 5.41) is 3.32. The first-order valence-electron chi connectivity index (χ1n) is 5.93. The molecule has 0 saturated heterocycles. The van der Waals surface area contributed by atoms with Gasteiger partial charge in [-0.15, -0.1) is 0 Å². The maximum absolute atomic E-state index is 11.7. The van der Waals surface area contributed by atoms with E-state index in [2.05, 4.69) is 15.0 Å². The first-order chi connectivity index (χ1) is 9.04. The zero-order chi connectivity index (χ0) is 14.3. The number of hydrogen-bond donors (Lipinski definition) is 2. The van der Waals surface area contributed by atoms with Crippen LogP contribution in [0.1, 0.15) is 36.2 Å². The Balaban J connectivity index is 2.16. The smallest absolute Gasteiger partial charge is 0.305 e. The first-order valence-corrected chi connectivity index (χ1v) is 6.69. The zero-order valence-corrected chi connectivity index (χ0v) is 12.1. The van der Waals surface area contributed by atoms with Crippen LogP contribution in [-0.4, -0.2) is 30.5 Å². The minimum absolute atomic E-state index is 0.209. The molecule has 0 fully saturated rings. The number of hydrogen-bond acceptors (Lipinski definition) is 3. The molecule has 0 bridgehead atoms. The average Bonchev–Trinajstić information content (AvgIpc) is 2.73. The Bertz CT molecular complexity index is 427. The van der Waals surface area contributed by atoms with Gasteiger partial charge in [-0.25, -0.2) is 0 Å². The number of H-pyrrole nitrogens is 1. The molecule has 0 aromatic carbocycles. The van der Waals surface area contributed by atoms with Crippen molar-refractivity contribution >= 4 is 35.1 Å². The number of aromatic amines is 1. The van der Waals surface area contributed by atoms with Gasteiger partial charge in [0.15, 0.2) is 0 Å². The summed E-state index contributed by atoms with van der Waals surface area (Å²) in [4.78, 5) is 25.2. The summed E-state index contributed by atoms with van der Waals surface area (Å²) in [6, 6.07) is 1.48. The lowest BCUT2D eigenvalue weighted by atomic mass is 10.2. The highest BCUT2D eigenvalue weighted by Crippen LogP contribution is 2.21. The zero-order valence-electron chi connectivity index (χ0n) is 10.6. The summed E-state index contributed by atoms with van der Waals surface area (Å²) in [6.45, 7) is 0.536. The number of methoxy groups -OCH3 is 1. The topological polar surface area (TPSA) is 71.2 Å². The van der Waals surface area contributed by atoms with E-state index in [1.165, 1.54) is 13.2 Å². The van der Waals surface area contributed by atoms with Crippen LogP contribution in [0.4, 0.5) is 0 Å². The van der Waals surface area contributed by atoms with Crippen molar-refractivity contribution in [2.24, 2.45) is 0 Å². The number of halogens is 2. The largest absolute Gasteiger partial charge is 0.469 e. The number of unbranched alkanes of at least 4 members (excludes halogenated alkanes) is 2. The van der Waals surface area contributed by atoms with Gasteiger partial charge in [0.25, 0.3) is 5.91 Å². The Morgan fingerprint density at radius 1 is 1.32 bits per heavy atom. The second-order valence-corrected chi connectivity index (χ2v) is 4.77. The molecule has 1 rings (SSSR count). The molecule has 2 N–H and O–H groups in total. The van der Waals surface area contributed by atoms with E-state index >= 15 is 0 Å². The van der Waals surface area contributed by atoms with E-state index in [0.717, 1.165) is 19.3 Å². The third kappa shape index (κ3) is 5.53. The number of carbonyl (C=O) groups is 2. The van der Waals surface area contributed by atoms with Gasteiger partial charge in [-0.1, -0.05) is 29.6 Å². The third-order valence-corrected chi connectivity index (χ3v) is 3.23. The molecule has 5 nitrogen and oxygen atoms in total. The van der Waals surface area contributed by atoms with Crippen LogP contribution >= 0.6 is 23.2 Å². The molecule has 19 heavy (non-hydrogen) atoms. The number of carbonyl (C=O) groups excluding carboxylic acids is 2. The van der Waals surface area contributed by atoms with Gasteiger partial charge in [0.2, 0.25) is 0 Å². The molecule has 0 spiro atoms. The van der Waals surface area contributed by atoms with Crippen molar-refractivity contribution in [2.75, 3.05) is 13.7 Å². The van der Waals surface area contributed by atoms with E-state index in [4.69, 9.17) is 23.2 Å². The number of rotatable bonds is 7. The lowest BCUT2D eigenvalue weighted by molar-refractivity contribution is -0.140. The molecule has 106 valence electrons. The number of esters is 1. The van der Waals surface area contributed by atoms with E-state index in [1.54, 1.807) is 0 Å². The fraction of sp³-hybridized carbons (Fsp3) is 0.500. The second kappa shape index (κ2) is 8.07. The Hall–Kier alpha value is -1.20. The van der Waals surface area contributed by atoms with Gasteiger partial charge in [0.05, 0.1) is 12.1 Å². The van der Waals surface area contributed by atoms with Gasteiger partial charge >= 0.3 is 5.97 Å². The molecular weight excluding hydrogens is 291 g/mol. The van der Waals surface area contributed by atoms with Gasteiger partial charge in [0.1, 0.15) is 10.8 Å². The molecule has 0 aliphatic carbocycles. The molecule has 1 heterocycles. The minimum atomic E-state index is -0.248. The molecule has 1 amide bonds. The summed E-state index contributed by atoms with van der Waals surface area (Å²) < 4.78 is 4.53. The lowest BCUT2D eigenvalue weighted by Gasteiger charge is -2.03. The van der Waals surface area contributed by atoms with Crippen LogP contribution in [0.25, 0.3) is 0 Å². The molecule has 0 aliphatic heterocycles. The lowest BCUT2D eigenvalue weighted by Crippen LogP contribution is -2.24. The molecule has 1 aromatic rings. The van der Waals surface area contributed by atoms with Gasteiger partial charge in [0, 0.05) is 13.0 Å². The summed E-state index contributed by atoms with van der Waals surface area (Å²) in [7, 11) is 1.37. The summed E-state index contributed by atoms with van der Waals surface area (Å²) >= 11 is 11.4. The molecular formula is C12H16Cl2N2O3. The van der Waals surface area contributed by atoms with Crippen molar-refractivity contribution in [3.05, 3.63) is 21.9 Å². The predicted molar refractivity (Wildman–Crippen MR) is 73.6 cm³/mol. The van der Waals surface area contributed by atoms with Gasteiger partial charge in [-0.05, 0) is 18.9 Å². The Morgan fingerprint density at radius 2 is 2.05 bits per heavy atom. The second-order valence-electron chi connectivity index (χ2n) is 3.99. The van der Waals surface area contributed by atoms with E-state index in [-0.39, 0.29) is 17.0 Å². The molecule has 0 aliphatic rings. The summed E-state index contributed by atoms with van der Waals surface area (Å²) in [6.07, 6.45) is 2.81. The van der Waals surface area contributed by atoms with E-state index in [1.807, 2.05) is 0 Å². The quantitative estimate of drug-likeness (QED) is 0.601. The Labute approximate surface area is 121 Å². The third-order valence-electron chi connectivity index (χ3n) is 2.54. The van der Waals surface area contributed by atoms with Gasteiger partial charge < -0.3 is 15.0 Å². The molecule has 1 aromatic heterocycles. The van der Waals surface area contributed by atoms with E-state index < -0.39 is 0 Å². The van der Waals surface area contributed by atoms with Crippen molar-refractivity contribution < 1.29 is 14.3 Å². The van der Waals surface area contributed by atoms with E-state index in [0.29, 0.717) is 23.7 Å². The monoisotopic (exact) mass is 306 g/mol. The Kier molecular flexibility index (Phi) is 6.73. The van der Waals surface area contributed by atoms with Crippen molar-refractivity contribution in [1.82, 2.24) is 10.3 Å². The summed E-state index contributed by atoms with van der Waals surface area (Å²) in [5.41, 5.74) is 0.338. The van der Waals surface area contributed by atoms with Gasteiger partial charge in [-0.3, -0.25) is 9.59 Å². The van der Waals surface area contributed by atoms with Crippen LogP contribution in [0, 0.1) is 0 Å². The van der Waals surface area contributed by atoms with Crippen LogP contribution < -0.4 is 5.32 Å². The average molecular weight is 307 g/mol. The number of amides is 1. The number of aromatic nitrogens is 1. The fourth-order valence-corrected chi connectivity index (χ4v) is 1.81. The van der Waals surface area contributed by atoms with Gasteiger partial charge in [-0.2, -0.15) is 0 Å². The molecule has 0 saturated carbocycles. The van der Waals surface area contributed by atoms with Crippen LogP contribution in [0.5, 0.6) is 0 Å². The standard InChI is InChI=1S/C12H16Cl2N2O3/c1-19-10(17)5-3-2-4-6-15-12(18)9-7-8(13)11(14)16-9/h7,16H,2-6H2,1H3,(H,15,18). The molecule has 0 radical (unpaired) electrons. The van der Waals surface area contributed by atoms with Crippen molar-refractivity contribution in [2.45, 2.75) is 25.7 Å². The normalized spacial score (nSPS) is 10.3. The first kappa shape index (κ1) is 15.9. The molecule has 0 atom stereocenters. The van der Waals surface area contributed by atoms with Crippen LogP contribution in [0.15, 0.2) is 6.07 Å². The highest BCUT2D eigenvalue weighted by atomic mass is 35.5. The summed E-state index contributed by atoms with van der Waals surface area (Å²) in [5.74, 6) is -0.457. The van der Waals surface area contributed by atoms with Crippen molar-refractivity contribution in [3.63, 3.8) is 0 Å².